The molecule has 0 atom stereocenters. The van der Waals surface area contributed by atoms with Gasteiger partial charge in [0.05, 0.1) is 19.3 Å². The molecule has 22 heavy (non-hydrogen) atoms. The number of ether oxygens (including phenoxy) is 2. The van der Waals surface area contributed by atoms with Crippen LogP contribution in [0.15, 0.2) is 18.2 Å². The summed E-state index contributed by atoms with van der Waals surface area (Å²) in [5.74, 6) is -0.189. The lowest BCUT2D eigenvalue weighted by atomic mass is 10.2. The monoisotopic (exact) mass is 340 g/mol. The molecule has 0 spiro atoms. The van der Waals surface area contributed by atoms with Crippen molar-refractivity contribution in [2.75, 3.05) is 13.7 Å². The summed E-state index contributed by atoms with van der Waals surface area (Å²) in [4.78, 5) is 11.5. The van der Waals surface area contributed by atoms with E-state index >= 15 is 0 Å². The van der Waals surface area contributed by atoms with Gasteiger partial charge in [-0.3, -0.25) is 0 Å². The first-order valence-corrected chi connectivity index (χ1v) is 6.83. The van der Waals surface area contributed by atoms with Crippen LogP contribution in [0.3, 0.4) is 0 Å². The molecular weight excluding hydrogens is 325 g/mol. The Hall–Kier alpha value is -1.61. The van der Waals surface area contributed by atoms with E-state index in [2.05, 4.69) is 8.92 Å². The average molecular weight is 340 g/mol. The highest BCUT2D eigenvalue weighted by molar-refractivity contribution is 7.90. The summed E-state index contributed by atoms with van der Waals surface area (Å²) in [6.45, 7) is 4.22. The van der Waals surface area contributed by atoms with Crippen molar-refractivity contribution in [2.24, 2.45) is 5.92 Å². The number of alkyl halides is 3. The minimum absolute atomic E-state index is 0.0316. The maximum absolute atomic E-state index is 11.9. The minimum Gasteiger partial charge on any atom is -0.493 e. The second-order valence-corrected chi connectivity index (χ2v) is 5.04. The first kappa shape index (κ1) is 18.4. The number of rotatable bonds is 7. The summed E-state index contributed by atoms with van der Waals surface area (Å²) in [7, 11) is 1.19. The quantitative estimate of drug-likeness (QED) is 0.553. The Balaban J connectivity index is 2.85. The molecule has 0 heterocycles. The van der Waals surface area contributed by atoms with E-state index in [1.54, 1.807) is 0 Å². The first-order valence-electron chi connectivity index (χ1n) is 6.16. The van der Waals surface area contributed by atoms with E-state index < -0.39 is 12.3 Å². The second kappa shape index (κ2) is 8.14. The maximum atomic E-state index is 11.9. The van der Waals surface area contributed by atoms with Gasteiger partial charge in [0.25, 0.3) is 0 Å². The summed E-state index contributed by atoms with van der Waals surface area (Å²) in [5.41, 5.74) is 0.0892. The van der Waals surface area contributed by atoms with Crippen LogP contribution in [0, 0.1) is 5.92 Å². The number of halogens is 3. The standard InChI is InChI=1S/C13H15F3O5S/c1-8(2)7-19-10-4-9(12(17)18-3)5-11(6-10)20-22-21-13(14,15)16/h4-6,8H,7H2,1-3H3. The third-order valence-electron chi connectivity index (χ3n) is 2.14. The van der Waals surface area contributed by atoms with Crippen LogP contribution in [0.5, 0.6) is 11.5 Å². The van der Waals surface area contributed by atoms with Crippen molar-refractivity contribution in [1.29, 1.82) is 0 Å². The molecule has 0 aromatic heterocycles. The van der Waals surface area contributed by atoms with Gasteiger partial charge in [0.15, 0.2) is 0 Å². The van der Waals surface area contributed by atoms with Crippen LogP contribution < -0.4 is 8.92 Å². The molecule has 1 aromatic carbocycles. The summed E-state index contributed by atoms with van der Waals surface area (Å²) >= 11 is -0.258. The molecule has 0 amide bonds. The summed E-state index contributed by atoms with van der Waals surface area (Å²) in [6, 6.07) is 3.98. The largest absolute Gasteiger partial charge is 0.536 e. The molecule has 1 rings (SSSR count). The number of carbonyl (C=O) groups excluding carboxylic acids is 1. The van der Waals surface area contributed by atoms with Crippen molar-refractivity contribution < 1.29 is 35.8 Å². The SMILES string of the molecule is COC(=O)c1cc(OCC(C)C)cc(OSOC(F)(F)F)c1. The van der Waals surface area contributed by atoms with Crippen molar-refractivity contribution in [1.82, 2.24) is 0 Å². The third-order valence-corrected chi connectivity index (χ3v) is 2.66. The van der Waals surface area contributed by atoms with E-state index in [0.717, 1.165) is 0 Å². The average Bonchev–Trinajstić information content (AvgIpc) is 2.42. The molecule has 0 saturated carbocycles. The van der Waals surface area contributed by atoms with Gasteiger partial charge in [-0.05, 0) is 18.1 Å². The summed E-state index contributed by atoms with van der Waals surface area (Å²) in [6.07, 6.45) is -4.83. The van der Waals surface area contributed by atoms with Gasteiger partial charge >= 0.3 is 12.3 Å². The van der Waals surface area contributed by atoms with Crippen molar-refractivity contribution in [3.8, 4) is 11.5 Å². The van der Waals surface area contributed by atoms with E-state index in [9.17, 15) is 18.0 Å². The van der Waals surface area contributed by atoms with Gasteiger partial charge in [-0.2, -0.15) is 4.18 Å². The van der Waals surface area contributed by atoms with E-state index in [-0.39, 0.29) is 35.3 Å². The topological polar surface area (TPSA) is 54.0 Å². The van der Waals surface area contributed by atoms with Crippen LogP contribution in [0.2, 0.25) is 0 Å². The second-order valence-electron chi connectivity index (χ2n) is 4.57. The fraction of sp³-hybridized carbons (Fsp3) is 0.462. The van der Waals surface area contributed by atoms with E-state index in [1.165, 1.54) is 25.3 Å². The van der Waals surface area contributed by atoms with Crippen molar-refractivity contribution in [3.05, 3.63) is 23.8 Å². The number of carbonyl (C=O) groups is 1. The fourth-order valence-corrected chi connectivity index (χ4v) is 1.58. The first-order chi connectivity index (χ1) is 10.2. The molecule has 124 valence electrons. The van der Waals surface area contributed by atoms with Crippen LogP contribution in [0.25, 0.3) is 0 Å². The van der Waals surface area contributed by atoms with E-state index in [0.29, 0.717) is 6.61 Å². The molecular formula is C13H15F3O5S. The number of hydrogen-bond acceptors (Lipinski definition) is 6. The highest BCUT2D eigenvalue weighted by Gasteiger charge is 2.31. The van der Waals surface area contributed by atoms with E-state index in [1.807, 2.05) is 13.8 Å². The molecule has 1 aromatic rings. The van der Waals surface area contributed by atoms with Gasteiger partial charge in [-0.25, -0.2) is 4.79 Å². The zero-order valence-electron chi connectivity index (χ0n) is 12.1. The molecule has 0 bridgehead atoms. The number of esters is 1. The predicted molar refractivity (Wildman–Crippen MR) is 73.5 cm³/mol. The molecule has 0 radical (unpaired) electrons. The smallest absolute Gasteiger partial charge is 0.493 e. The zero-order valence-corrected chi connectivity index (χ0v) is 12.9. The van der Waals surface area contributed by atoms with Crippen LogP contribution in [0.1, 0.15) is 24.2 Å². The minimum atomic E-state index is -4.83. The lowest BCUT2D eigenvalue weighted by Gasteiger charge is -2.12. The molecule has 0 aliphatic heterocycles. The highest BCUT2D eigenvalue weighted by atomic mass is 32.2. The number of benzene rings is 1. The Bertz CT molecular complexity index is 505. The molecule has 5 nitrogen and oxygen atoms in total. The fourth-order valence-electron chi connectivity index (χ4n) is 1.30. The molecule has 0 aliphatic rings. The van der Waals surface area contributed by atoms with Crippen LogP contribution >= 0.6 is 12.3 Å². The molecule has 0 saturated heterocycles. The Kier molecular flexibility index (Phi) is 6.82. The molecule has 0 unspecified atom stereocenters. The molecule has 0 aliphatic carbocycles. The van der Waals surface area contributed by atoms with Gasteiger partial charge in [-0.15, -0.1) is 13.2 Å². The van der Waals surface area contributed by atoms with Gasteiger partial charge < -0.3 is 13.7 Å². The normalized spacial score (nSPS) is 11.4. The zero-order chi connectivity index (χ0) is 16.8. The van der Waals surface area contributed by atoms with Gasteiger partial charge in [-0.1, -0.05) is 13.8 Å². The number of methoxy groups -OCH3 is 1. The van der Waals surface area contributed by atoms with Crippen LogP contribution in [-0.4, -0.2) is 26.0 Å². The molecule has 9 heteroatoms. The Morgan fingerprint density at radius 3 is 2.41 bits per heavy atom. The summed E-state index contributed by atoms with van der Waals surface area (Å²) < 4.78 is 53.8. The lowest BCUT2D eigenvalue weighted by Crippen LogP contribution is -2.09. The van der Waals surface area contributed by atoms with Crippen LogP contribution in [0.4, 0.5) is 13.2 Å². The highest BCUT2D eigenvalue weighted by Crippen LogP contribution is 2.29. The third kappa shape index (κ3) is 6.90. The Labute approximate surface area is 130 Å². The maximum Gasteiger partial charge on any atom is 0.536 e. The van der Waals surface area contributed by atoms with Gasteiger partial charge in [0, 0.05) is 6.07 Å². The van der Waals surface area contributed by atoms with Crippen molar-refractivity contribution >= 4 is 18.3 Å². The molecule has 0 fully saturated rings. The van der Waals surface area contributed by atoms with Gasteiger partial charge in [0.2, 0.25) is 12.3 Å². The van der Waals surface area contributed by atoms with E-state index in [4.69, 9.17) is 8.92 Å². The van der Waals surface area contributed by atoms with Crippen LogP contribution in [-0.2, 0) is 8.92 Å². The number of hydrogen-bond donors (Lipinski definition) is 0. The lowest BCUT2D eigenvalue weighted by molar-refractivity contribution is -0.268. The summed E-state index contributed by atoms with van der Waals surface area (Å²) in [5, 5.41) is 0. The Morgan fingerprint density at radius 2 is 1.86 bits per heavy atom. The van der Waals surface area contributed by atoms with Crippen molar-refractivity contribution in [3.63, 3.8) is 0 Å². The predicted octanol–water partition coefficient (Wildman–Crippen LogP) is 3.99. The Morgan fingerprint density at radius 1 is 1.23 bits per heavy atom. The van der Waals surface area contributed by atoms with Crippen molar-refractivity contribution in [2.45, 2.75) is 20.2 Å². The van der Waals surface area contributed by atoms with Gasteiger partial charge in [0.1, 0.15) is 11.5 Å². The molecule has 0 N–H and O–H groups in total.